The number of hydrogen-bond acceptors (Lipinski definition) is 1. The molecule has 12 heavy (non-hydrogen) atoms. The molecule has 64 valence electrons. The first-order valence-corrected chi connectivity index (χ1v) is 5.41. The van der Waals surface area contributed by atoms with Gasteiger partial charge in [-0.15, -0.1) is 0 Å². The van der Waals surface area contributed by atoms with Crippen LogP contribution in [-0.4, -0.2) is 6.54 Å². The number of benzene rings is 1. The van der Waals surface area contributed by atoms with Crippen LogP contribution < -0.4 is 5.32 Å². The highest BCUT2D eigenvalue weighted by Crippen LogP contribution is 2.30. The number of hydrogen-bond donors (Lipinski definition) is 1. The van der Waals surface area contributed by atoms with Crippen molar-refractivity contribution in [2.75, 3.05) is 6.54 Å². The molecule has 1 N–H and O–H groups in total. The lowest BCUT2D eigenvalue weighted by Crippen LogP contribution is -2.35. The third kappa shape index (κ3) is 1.60. The largest absolute Gasteiger partial charge is 0.310 e. The summed E-state index contributed by atoms with van der Waals surface area (Å²) >= 11 is 8.36. The Morgan fingerprint density at radius 3 is 2.75 bits per heavy atom. The fraction of sp³-hybridized carbons (Fsp3) is 0.333. The first-order valence-electron chi connectivity index (χ1n) is 3.96. The Hall–Kier alpha value is 0.200. The van der Waals surface area contributed by atoms with E-state index in [2.05, 4.69) is 40.0 Å². The summed E-state index contributed by atoms with van der Waals surface area (Å²) in [6, 6.07) is 6.72. The van der Waals surface area contributed by atoms with Gasteiger partial charge in [-0.2, -0.15) is 0 Å². The molecule has 0 aliphatic carbocycles. The highest BCUT2D eigenvalue weighted by molar-refractivity contribution is 14.1. The molecule has 1 aliphatic rings. The van der Waals surface area contributed by atoms with Gasteiger partial charge in [0.1, 0.15) is 0 Å². The number of halogens is 2. The van der Waals surface area contributed by atoms with Gasteiger partial charge in [-0.1, -0.05) is 17.7 Å². The van der Waals surface area contributed by atoms with Crippen molar-refractivity contribution in [1.82, 2.24) is 5.32 Å². The summed E-state index contributed by atoms with van der Waals surface area (Å²) in [5.74, 6) is 0. The Balaban J connectivity index is 2.31. The molecule has 3 heteroatoms. The normalized spacial score (nSPS) is 22.0. The highest BCUT2D eigenvalue weighted by atomic mass is 127. The van der Waals surface area contributed by atoms with Crippen LogP contribution in [-0.2, 0) is 0 Å². The van der Waals surface area contributed by atoms with Crippen molar-refractivity contribution in [3.63, 3.8) is 0 Å². The second-order valence-corrected chi connectivity index (χ2v) is 4.61. The van der Waals surface area contributed by atoms with E-state index < -0.39 is 0 Å². The molecular weight excluding hydrogens is 284 g/mol. The van der Waals surface area contributed by atoms with Crippen LogP contribution in [0.15, 0.2) is 18.2 Å². The fourth-order valence-electron chi connectivity index (χ4n) is 1.34. The zero-order valence-corrected chi connectivity index (χ0v) is 9.39. The maximum Gasteiger partial charge on any atom is 0.0464 e. The second-order valence-electron chi connectivity index (χ2n) is 2.96. The molecule has 0 aromatic heterocycles. The summed E-state index contributed by atoms with van der Waals surface area (Å²) in [4.78, 5) is 0. The van der Waals surface area contributed by atoms with E-state index in [1.165, 1.54) is 15.6 Å². The maximum atomic E-state index is 6.09. The zero-order valence-electron chi connectivity index (χ0n) is 6.48. The predicted molar refractivity (Wildman–Crippen MR) is 59.5 cm³/mol. The second kappa shape index (κ2) is 3.52. The molecule has 0 spiro atoms. The first-order chi connectivity index (χ1) is 5.77. The summed E-state index contributed by atoms with van der Waals surface area (Å²) < 4.78 is 1.20. The van der Waals surface area contributed by atoms with Crippen LogP contribution in [0.1, 0.15) is 18.0 Å². The molecule has 2 rings (SSSR count). The first kappa shape index (κ1) is 8.78. The van der Waals surface area contributed by atoms with Gasteiger partial charge in [-0.3, -0.25) is 0 Å². The lowest BCUT2D eigenvalue weighted by atomic mass is 9.98. The Kier molecular flexibility index (Phi) is 2.57. The number of rotatable bonds is 1. The molecule has 0 radical (unpaired) electrons. The van der Waals surface area contributed by atoms with Crippen LogP contribution in [0.2, 0.25) is 5.02 Å². The molecule has 1 aliphatic heterocycles. The summed E-state index contributed by atoms with van der Waals surface area (Å²) in [5, 5.41) is 4.22. The molecule has 1 nitrogen and oxygen atoms in total. The third-order valence-corrected chi connectivity index (χ3v) is 3.16. The maximum absolute atomic E-state index is 6.09. The molecule has 0 saturated carbocycles. The average Bonchev–Trinajstić information content (AvgIpc) is 1.91. The van der Waals surface area contributed by atoms with Crippen LogP contribution in [0.25, 0.3) is 0 Å². The monoisotopic (exact) mass is 293 g/mol. The van der Waals surface area contributed by atoms with E-state index in [4.69, 9.17) is 11.6 Å². The summed E-state index contributed by atoms with van der Waals surface area (Å²) in [7, 11) is 0. The molecule has 0 unspecified atom stereocenters. The van der Waals surface area contributed by atoms with Crippen molar-refractivity contribution in [3.05, 3.63) is 32.4 Å². The van der Waals surface area contributed by atoms with Crippen LogP contribution in [0.4, 0.5) is 0 Å². The van der Waals surface area contributed by atoms with E-state index >= 15 is 0 Å². The van der Waals surface area contributed by atoms with Crippen molar-refractivity contribution < 1.29 is 0 Å². The van der Waals surface area contributed by atoms with Gasteiger partial charge in [0.15, 0.2) is 0 Å². The minimum Gasteiger partial charge on any atom is -0.310 e. The molecule has 1 aromatic carbocycles. The molecule has 1 saturated heterocycles. The molecule has 1 aromatic rings. The summed E-state index contributed by atoms with van der Waals surface area (Å²) in [5.41, 5.74) is 1.24. The SMILES string of the molecule is Clc1cc(I)ccc1[C@H]1CCN1. The lowest BCUT2D eigenvalue weighted by molar-refractivity contribution is 0.383. The van der Waals surface area contributed by atoms with Gasteiger partial charge < -0.3 is 5.32 Å². The molecule has 1 atom stereocenters. The van der Waals surface area contributed by atoms with Crippen LogP contribution in [0, 0.1) is 3.57 Å². The van der Waals surface area contributed by atoms with Crippen molar-refractivity contribution in [2.24, 2.45) is 0 Å². The third-order valence-electron chi connectivity index (χ3n) is 2.16. The number of nitrogens with one attached hydrogen (secondary N) is 1. The van der Waals surface area contributed by atoms with Crippen LogP contribution in [0.5, 0.6) is 0 Å². The van der Waals surface area contributed by atoms with E-state index in [0.29, 0.717) is 6.04 Å². The van der Waals surface area contributed by atoms with Gasteiger partial charge in [-0.05, 0) is 53.3 Å². The molecule has 1 heterocycles. The van der Waals surface area contributed by atoms with Gasteiger partial charge in [0.2, 0.25) is 0 Å². The molecule has 1 fully saturated rings. The Bertz CT molecular complexity index is 297. The van der Waals surface area contributed by atoms with Crippen LogP contribution in [0.3, 0.4) is 0 Å². The molecular formula is C9H9ClIN. The minimum absolute atomic E-state index is 0.495. The quantitative estimate of drug-likeness (QED) is 0.785. The predicted octanol–water partition coefficient (Wildman–Crippen LogP) is 2.98. The zero-order chi connectivity index (χ0) is 8.55. The van der Waals surface area contributed by atoms with E-state index in [-0.39, 0.29) is 0 Å². The van der Waals surface area contributed by atoms with E-state index in [0.717, 1.165) is 11.6 Å². The standard InChI is InChI=1S/C9H9ClIN/c10-8-5-6(11)1-2-7(8)9-3-4-12-9/h1-2,5,9,12H,3-4H2/t9-/m1/s1. The Morgan fingerprint density at radius 1 is 1.50 bits per heavy atom. The van der Waals surface area contributed by atoms with Gasteiger partial charge in [0.05, 0.1) is 0 Å². The average molecular weight is 294 g/mol. The Morgan fingerprint density at radius 2 is 2.25 bits per heavy atom. The van der Waals surface area contributed by atoms with Crippen LogP contribution >= 0.6 is 34.2 Å². The minimum atomic E-state index is 0.495. The topological polar surface area (TPSA) is 12.0 Å². The van der Waals surface area contributed by atoms with Crippen molar-refractivity contribution in [3.8, 4) is 0 Å². The lowest BCUT2D eigenvalue weighted by Gasteiger charge is -2.28. The van der Waals surface area contributed by atoms with Gasteiger partial charge in [-0.25, -0.2) is 0 Å². The highest BCUT2D eigenvalue weighted by Gasteiger charge is 2.20. The van der Waals surface area contributed by atoms with Crippen molar-refractivity contribution in [2.45, 2.75) is 12.5 Å². The molecule has 0 amide bonds. The smallest absolute Gasteiger partial charge is 0.0464 e. The van der Waals surface area contributed by atoms with Gasteiger partial charge in [0.25, 0.3) is 0 Å². The fourth-order valence-corrected chi connectivity index (χ4v) is 2.33. The van der Waals surface area contributed by atoms with Crippen molar-refractivity contribution >= 4 is 34.2 Å². The summed E-state index contributed by atoms with van der Waals surface area (Å²) in [6.45, 7) is 1.12. The summed E-state index contributed by atoms with van der Waals surface area (Å²) in [6.07, 6.45) is 1.21. The van der Waals surface area contributed by atoms with E-state index in [1.807, 2.05) is 6.07 Å². The van der Waals surface area contributed by atoms with E-state index in [1.54, 1.807) is 0 Å². The van der Waals surface area contributed by atoms with Gasteiger partial charge in [0, 0.05) is 14.6 Å². The van der Waals surface area contributed by atoms with Crippen molar-refractivity contribution in [1.29, 1.82) is 0 Å². The van der Waals surface area contributed by atoms with Gasteiger partial charge >= 0.3 is 0 Å². The van der Waals surface area contributed by atoms with E-state index in [9.17, 15) is 0 Å². The Labute approximate surface area is 90.6 Å². The molecule has 0 bridgehead atoms.